The molecule has 0 atom stereocenters. The zero-order chi connectivity index (χ0) is 9.97. The maximum Gasteiger partial charge on any atom is 0.189 e. The largest absolute Gasteiger partial charge is 0.467 e. The zero-order valence-corrected chi connectivity index (χ0v) is 7.62. The van der Waals surface area contributed by atoms with Gasteiger partial charge in [0.05, 0.1) is 6.61 Å². The van der Waals surface area contributed by atoms with E-state index in [1.807, 2.05) is 0 Å². The van der Waals surface area contributed by atoms with Gasteiger partial charge in [-0.25, -0.2) is 4.39 Å². The zero-order valence-electron chi connectivity index (χ0n) is 7.62. The van der Waals surface area contributed by atoms with Crippen molar-refractivity contribution < 1.29 is 19.0 Å². The average molecular weight is 198 g/mol. The molecule has 3 nitrogen and oxygen atoms in total. The number of hydrogen-bond acceptors (Lipinski definition) is 3. The molecular weight excluding hydrogens is 187 g/mol. The van der Waals surface area contributed by atoms with Crippen molar-refractivity contribution in [2.24, 2.45) is 0 Å². The molecule has 1 aliphatic heterocycles. The SMILES string of the molecule is OCCc1cc2c(cc1F)COCO2. The van der Waals surface area contributed by atoms with Crippen molar-refractivity contribution in [2.45, 2.75) is 13.0 Å². The Bertz CT molecular complexity index is 338. The smallest absolute Gasteiger partial charge is 0.189 e. The number of benzene rings is 1. The predicted octanol–water partition coefficient (Wildman–Crippen LogP) is 1.23. The van der Waals surface area contributed by atoms with Crippen LogP contribution >= 0.6 is 0 Å². The molecule has 0 saturated heterocycles. The van der Waals surface area contributed by atoms with Crippen LogP contribution in [0.2, 0.25) is 0 Å². The standard InChI is InChI=1S/C10H11FO3/c11-9-3-8-5-13-6-14-10(8)4-7(9)1-2-12/h3-4,12H,1-2,5-6H2. The van der Waals surface area contributed by atoms with Crippen LogP contribution in [0.1, 0.15) is 11.1 Å². The van der Waals surface area contributed by atoms with E-state index in [0.29, 0.717) is 24.3 Å². The van der Waals surface area contributed by atoms with Crippen LogP contribution in [0, 0.1) is 5.82 Å². The van der Waals surface area contributed by atoms with Gasteiger partial charge in [0.1, 0.15) is 11.6 Å². The van der Waals surface area contributed by atoms with E-state index in [4.69, 9.17) is 14.6 Å². The van der Waals surface area contributed by atoms with Crippen molar-refractivity contribution in [3.63, 3.8) is 0 Å². The van der Waals surface area contributed by atoms with E-state index in [1.165, 1.54) is 6.07 Å². The second kappa shape index (κ2) is 3.94. The highest BCUT2D eigenvalue weighted by molar-refractivity contribution is 5.39. The van der Waals surface area contributed by atoms with Crippen LogP contribution in [0.5, 0.6) is 5.75 Å². The number of hydrogen-bond donors (Lipinski definition) is 1. The van der Waals surface area contributed by atoms with E-state index in [2.05, 4.69) is 0 Å². The molecule has 0 aromatic heterocycles. The van der Waals surface area contributed by atoms with Crippen molar-refractivity contribution in [3.05, 3.63) is 29.1 Å². The first-order valence-corrected chi connectivity index (χ1v) is 4.44. The van der Waals surface area contributed by atoms with Gasteiger partial charge in [0.15, 0.2) is 6.79 Å². The van der Waals surface area contributed by atoms with Crippen molar-refractivity contribution >= 4 is 0 Å². The van der Waals surface area contributed by atoms with Gasteiger partial charge in [-0.1, -0.05) is 0 Å². The summed E-state index contributed by atoms with van der Waals surface area (Å²) in [6, 6.07) is 3.03. The maximum absolute atomic E-state index is 13.3. The fraction of sp³-hybridized carbons (Fsp3) is 0.400. The molecule has 4 heteroatoms. The summed E-state index contributed by atoms with van der Waals surface area (Å²) in [5.74, 6) is 0.341. The summed E-state index contributed by atoms with van der Waals surface area (Å²) in [6.07, 6.45) is 0.309. The summed E-state index contributed by atoms with van der Waals surface area (Å²) in [5.41, 5.74) is 1.20. The van der Waals surface area contributed by atoms with Crippen LogP contribution in [-0.2, 0) is 17.8 Å². The monoisotopic (exact) mass is 198 g/mol. The van der Waals surface area contributed by atoms with E-state index < -0.39 is 0 Å². The molecule has 1 aromatic carbocycles. The molecule has 0 aliphatic carbocycles. The molecule has 1 aliphatic rings. The Morgan fingerprint density at radius 3 is 3.07 bits per heavy atom. The van der Waals surface area contributed by atoms with E-state index in [0.717, 1.165) is 5.56 Å². The highest BCUT2D eigenvalue weighted by Crippen LogP contribution is 2.26. The Morgan fingerprint density at radius 2 is 2.29 bits per heavy atom. The topological polar surface area (TPSA) is 38.7 Å². The normalized spacial score (nSPS) is 14.7. The molecule has 1 N–H and O–H groups in total. The minimum Gasteiger partial charge on any atom is -0.467 e. The lowest BCUT2D eigenvalue weighted by Gasteiger charge is -2.18. The summed E-state index contributed by atoms with van der Waals surface area (Å²) in [7, 11) is 0. The molecule has 0 fully saturated rings. The Kier molecular flexibility index (Phi) is 2.65. The van der Waals surface area contributed by atoms with Crippen LogP contribution in [0.4, 0.5) is 4.39 Å². The van der Waals surface area contributed by atoms with E-state index >= 15 is 0 Å². The van der Waals surface area contributed by atoms with Gasteiger partial charge in [-0.3, -0.25) is 0 Å². The number of aliphatic hydroxyl groups excluding tert-OH is 1. The van der Waals surface area contributed by atoms with Crippen LogP contribution in [0.3, 0.4) is 0 Å². The molecule has 0 amide bonds. The van der Waals surface area contributed by atoms with Crippen LogP contribution in [0.25, 0.3) is 0 Å². The quantitative estimate of drug-likeness (QED) is 0.776. The van der Waals surface area contributed by atoms with Gasteiger partial charge in [0.2, 0.25) is 0 Å². The van der Waals surface area contributed by atoms with Gasteiger partial charge in [0, 0.05) is 12.2 Å². The Hall–Kier alpha value is -1.13. The summed E-state index contributed by atoms with van der Waals surface area (Å²) in [6.45, 7) is 0.523. The van der Waals surface area contributed by atoms with Crippen molar-refractivity contribution in [1.82, 2.24) is 0 Å². The maximum atomic E-state index is 13.3. The van der Waals surface area contributed by atoms with Crippen molar-refractivity contribution in [3.8, 4) is 5.75 Å². The first-order valence-electron chi connectivity index (χ1n) is 4.44. The summed E-state index contributed by atoms with van der Waals surface area (Å²) in [4.78, 5) is 0. The average Bonchev–Trinajstić information content (AvgIpc) is 2.19. The van der Waals surface area contributed by atoms with Crippen LogP contribution in [0.15, 0.2) is 12.1 Å². The third-order valence-electron chi connectivity index (χ3n) is 2.17. The summed E-state index contributed by atoms with van der Waals surface area (Å²) in [5, 5.41) is 8.72. The number of rotatable bonds is 2. The minimum absolute atomic E-state index is 0.0633. The van der Waals surface area contributed by atoms with E-state index in [-0.39, 0.29) is 19.2 Å². The van der Waals surface area contributed by atoms with Gasteiger partial charge in [0.25, 0.3) is 0 Å². The Balaban J connectivity index is 2.35. The molecule has 0 bridgehead atoms. The fourth-order valence-corrected chi connectivity index (χ4v) is 1.45. The lowest BCUT2D eigenvalue weighted by molar-refractivity contribution is -0.0166. The van der Waals surface area contributed by atoms with Crippen molar-refractivity contribution in [1.29, 1.82) is 0 Å². The number of halogens is 1. The van der Waals surface area contributed by atoms with Crippen molar-refractivity contribution in [2.75, 3.05) is 13.4 Å². The molecule has 0 spiro atoms. The van der Waals surface area contributed by atoms with E-state index in [1.54, 1.807) is 6.07 Å². The first-order chi connectivity index (χ1) is 6.81. The van der Waals surface area contributed by atoms with Crippen LogP contribution < -0.4 is 4.74 Å². The molecule has 0 unspecified atom stereocenters. The minimum atomic E-state index is -0.313. The molecular formula is C10H11FO3. The summed E-state index contributed by atoms with van der Waals surface area (Å²) < 4.78 is 23.5. The second-order valence-corrected chi connectivity index (χ2v) is 3.14. The lowest BCUT2D eigenvalue weighted by Crippen LogP contribution is -2.12. The van der Waals surface area contributed by atoms with Gasteiger partial charge in [-0.15, -0.1) is 0 Å². The van der Waals surface area contributed by atoms with Crippen LogP contribution in [-0.4, -0.2) is 18.5 Å². The highest BCUT2D eigenvalue weighted by Gasteiger charge is 2.14. The van der Waals surface area contributed by atoms with Gasteiger partial charge in [-0.2, -0.15) is 0 Å². The Morgan fingerprint density at radius 1 is 1.43 bits per heavy atom. The molecule has 2 rings (SSSR count). The lowest BCUT2D eigenvalue weighted by atomic mass is 10.1. The highest BCUT2D eigenvalue weighted by atomic mass is 19.1. The fourth-order valence-electron chi connectivity index (χ4n) is 1.45. The van der Waals surface area contributed by atoms with Gasteiger partial charge in [-0.05, 0) is 24.1 Å². The summed E-state index contributed by atoms with van der Waals surface area (Å²) >= 11 is 0. The van der Waals surface area contributed by atoms with Gasteiger partial charge < -0.3 is 14.6 Å². The molecule has 1 aromatic rings. The molecule has 1 heterocycles. The van der Waals surface area contributed by atoms with Gasteiger partial charge >= 0.3 is 0 Å². The number of aliphatic hydroxyl groups is 1. The molecule has 14 heavy (non-hydrogen) atoms. The predicted molar refractivity (Wildman–Crippen MR) is 47.5 cm³/mol. The molecule has 0 saturated carbocycles. The third-order valence-corrected chi connectivity index (χ3v) is 2.17. The molecule has 0 radical (unpaired) electrons. The molecule has 76 valence electrons. The Labute approximate surface area is 81.1 Å². The number of ether oxygens (including phenoxy) is 2. The second-order valence-electron chi connectivity index (χ2n) is 3.14. The number of fused-ring (bicyclic) bond motifs is 1. The third kappa shape index (κ3) is 1.71. The first kappa shape index (κ1) is 9.43. The van der Waals surface area contributed by atoms with E-state index in [9.17, 15) is 4.39 Å².